The molecule has 3 fully saturated rings. The summed E-state index contributed by atoms with van der Waals surface area (Å²) in [5, 5.41) is 10.8. The highest BCUT2D eigenvalue weighted by Crippen LogP contribution is 2.56. The Hall–Kier alpha value is -1.65. The van der Waals surface area contributed by atoms with Crippen molar-refractivity contribution < 1.29 is 19.5 Å². The predicted octanol–water partition coefficient (Wildman–Crippen LogP) is 2.94. The van der Waals surface area contributed by atoms with Gasteiger partial charge in [-0.15, -0.1) is 0 Å². The van der Waals surface area contributed by atoms with Gasteiger partial charge in [0, 0.05) is 5.92 Å². The Morgan fingerprint density at radius 1 is 1.34 bits per heavy atom. The first kappa shape index (κ1) is 20.6. The summed E-state index contributed by atoms with van der Waals surface area (Å²) in [5.41, 5.74) is 2.54. The van der Waals surface area contributed by atoms with Gasteiger partial charge in [-0.1, -0.05) is 49.4 Å². The smallest absolute Gasteiger partial charge is 0.315 e. The van der Waals surface area contributed by atoms with E-state index in [0.29, 0.717) is 12.5 Å². The van der Waals surface area contributed by atoms with Crippen LogP contribution < -0.4 is 4.90 Å². The lowest BCUT2D eigenvalue weighted by molar-refractivity contribution is -0.911. The maximum atomic E-state index is 12.8. The van der Waals surface area contributed by atoms with E-state index in [-0.39, 0.29) is 35.4 Å². The maximum absolute atomic E-state index is 12.8. The Labute approximate surface area is 174 Å². The minimum atomic E-state index is -0.544. The number of quaternary nitrogens is 1. The first-order valence-electron chi connectivity index (χ1n) is 11.2. The minimum Gasteiger partial charge on any atom is -0.462 e. The summed E-state index contributed by atoms with van der Waals surface area (Å²) in [4.78, 5) is 14.0. The van der Waals surface area contributed by atoms with E-state index in [1.807, 2.05) is 30.3 Å². The van der Waals surface area contributed by atoms with E-state index in [2.05, 4.69) is 27.5 Å². The fraction of sp³-hybridized carbons (Fsp3) is 0.640. The molecule has 1 saturated heterocycles. The highest BCUT2D eigenvalue weighted by Gasteiger charge is 2.56. The molecule has 0 aromatic heterocycles. The molecule has 1 aromatic carbocycles. The predicted molar refractivity (Wildman–Crippen MR) is 113 cm³/mol. The monoisotopic (exact) mass is 398 g/mol. The Kier molecular flexibility index (Phi) is 5.60. The molecular weight excluding hydrogens is 362 g/mol. The molecule has 8 atom stereocenters. The van der Waals surface area contributed by atoms with Gasteiger partial charge in [-0.3, -0.25) is 4.79 Å². The number of likely N-dealkylation sites (N-methyl/N-ethyl adjacent to an activating group) is 1. The number of rotatable bonds is 5. The van der Waals surface area contributed by atoms with E-state index in [1.165, 1.54) is 23.3 Å². The topological polar surface area (TPSA) is 51.0 Å². The number of allylic oxidation sites excluding steroid dienone is 1. The fourth-order valence-corrected chi connectivity index (χ4v) is 6.23. The average Bonchev–Trinajstić information content (AvgIpc) is 2.99. The summed E-state index contributed by atoms with van der Waals surface area (Å²) in [6.45, 7) is 9.52. The zero-order chi connectivity index (χ0) is 20.8. The number of hydrogen-bond donors (Lipinski definition) is 2. The van der Waals surface area contributed by atoms with Gasteiger partial charge < -0.3 is 14.7 Å². The normalized spacial score (nSPS) is 37.2. The summed E-state index contributed by atoms with van der Waals surface area (Å²) < 4.78 is 5.91. The number of esters is 1. The van der Waals surface area contributed by atoms with Crippen LogP contribution in [0, 0.1) is 23.2 Å². The number of aliphatic hydroxyl groups excluding tert-OH is 1. The Bertz CT molecular complexity index is 763. The Morgan fingerprint density at radius 2 is 2.07 bits per heavy atom. The zero-order valence-corrected chi connectivity index (χ0v) is 18.1. The van der Waals surface area contributed by atoms with Crippen molar-refractivity contribution in [2.75, 3.05) is 13.6 Å². The second kappa shape index (κ2) is 7.88. The van der Waals surface area contributed by atoms with Gasteiger partial charge in [-0.25, -0.2) is 0 Å². The van der Waals surface area contributed by atoms with Gasteiger partial charge in [0.1, 0.15) is 24.2 Å². The highest BCUT2D eigenvalue weighted by atomic mass is 16.6. The van der Waals surface area contributed by atoms with Crippen LogP contribution in [-0.4, -0.2) is 36.8 Å². The number of carbonyl (C=O) groups excluding carboxylic acids is 1. The number of hydrogen-bond acceptors (Lipinski definition) is 3. The molecule has 1 unspecified atom stereocenters. The second-order valence-corrected chi connectivity index (χ2v) is 10.1. The molecule has 4 heteroatoms. The summed E-state index contributed by atoms with van der Waals surface area (Å²) in [5.74, 6) is 0.687. The van der Waals surface area contributed by atoms with Crippen molar-refractivity contribution >= 4 is 5.97 Å². The molecule has 0 radical (unpaired) electrons. The van der Waals surface area contributed by atoms with Crippen LogP contribution in [0.25, 0.3) is 0 Å². The van der Waals surface area contributed by atoms with E-state index >= 15 is 0 Å². The molecule has 2 N–H and O–H groups in total. The maximum Gasteiger partial charge on any atom is 0.315 e. The Balaban J connectivity index is 1.46. The van der Waals surface area contributed by atoms with Crippen LogP contribution in [0.1, 0.15) is 57.6 Å². The number of fused-ring (bicyclic) bond motifs is 2. The van der Waals surface area contributed by atoms with Crippen molar-refractivity contribution in [3.8, 4) is 0 Å². The first-order chi connectivity index (χ1) is 13.8. The molecule has 0 bridgehead atoms. The summed E-state index contributed by atoms with van der Waals surface area (Å²) >= 11 is 0. The minimum absolute atomic E-state index is 0.00255. The second-order valence-electron chi connectivity index (χ2n) is 10.1. The van der Waals surface area contributed by atoms with E-state index in [9.17, 15) is 9.90 Å². The third-order valence-corrected chi connectivity index (χ3v) is 8.25. The van der Waals surface area contributed by atoms with E-state index < -0.39 is 6.10 Å². The van der Waals surface area contributed by atoms with E-state index in [4.69, 9.17) is 4.74 Å². The molecule has 0 spiro atoms. The van der Waals surface area contributed by atoms with Crippen LogP contribution in [-0.2, 0) is 9.53 Å². The largest absolute Gasteiger partial charge is 0.462 e. The van der Waals surface area contributed by atoms with Gasteiger partial charge in [0.05, 0.1) is 13.6 Å². The third-order valence-electron chi connectivity index (χ3n) is 8.25. The van der Waals surface area contributed by atoms with Crippen molar-refractivity contribution in [3.05, 3.63) is 48.0 Å². The molecule has 2 saturated carbocycles. The molecule has 1 heterocycles. The molecule has 4 nitrogen and oxygen atoms in total. The summed E-state index contributed by atoms with van der Waals surface area (Å²) in [6, 6.07) is 9.80. The molecular formula is C25H36NO3+. The average molecular weight is 399 g/mol. The number of nitrogens with one attached hydrogen (secondary N) is 1. The van der Waals surface area contributed by atoms with E-state index in [1.54, 1.807) is 0 Å². The van der Waals surface area contributed by atoms with Crippen LogP contribution in [0.3, 0.4) is 0 Å². The van der Waals surface area contributed by atoms with Crippen molar-refractivity contribution in [2.24, 2.45) is 23.2 Å². The lowest BCUT2D eigenvalue weighted by atomic mass is 9.55. The molecule has 3 aliphatic rings. The molecule has 158 valence electrons. The zero-order valence-electron chi connectivity index (χ0n) is 18.1. The van der Waals surface area contributed by atoms with Crippen LogP contribution in [0.5, 0.6) is 0 Å². The van der Waals surface area contributed by atoms with Gasteiger partial charge in [-0.05, 0) is 55.9 Å². The number of aliphatic hydroxyl groups is 1. The molecule has 1 aliphatic heterocycles. The first-order valence-corrected chi connectivity index (χ1v) is 11.2. The summed E-state index contributed by atoms with van der Waals surface area (Å²) in [7, 11) is 2.09. The molecule has 4 rings (SSSR count). The lowest BCUT2D eigenvalue weighted by Gasteiger charge is -2.50. The molecule has 2 aliphatic carbocycles. The number of benzene rings is 1. The van der Waals surface area contributed by atoms with Gasteiger partial charge in [0.2, 0.25) is 0 Å². The van der Waals surface area contributed by atoms with Crippen LogP contribution >= 0.6 is 0 Å². The van der Waals surface area contributed by atoms with Crippen molar-refractivity contribution in [1.29, 1.82) is 0 Å². The van der Waals surface area contributed by atoms with Gasteiger partial charge in [0.25, 0.3) is 0 Å². The highest BCUT2D eigenvalue weighted by molar-refractivity contribution is 5.75. The quantitative estimate of drug-likeness (QED) is 0.592. The fourth-order valence-electron chi connectivity index (χ4n) is 6.23. The number of ether oxygens (including phenoxy) is 1. The van der Waals surface area contributed by atoms with Gasteiger partial charge in [-0.2, -0.15) is 0 Å². The SMILES string of the molecule is C=C1CCC[C@@]2(C)C[C@@H]3OC(=O)[C@@H](C[NH+](C)[C@H](C)[C@@H](O)c4ccccc4)[C@H]3C[C@H]12. The number of carbonyl (C=O) groups is 1. The standard InChI is InChI=1S/C25H35NO3/c1-16-9-8-12-25(3)14-22-19(13-21(16)25)20(24(28)29-22)15-26(4)17(2)23(27)18-10-6-5-7-11-18/h5-7,10-11,17,19-23,27H,1,8-9,12-15H2,2-4H3/p+1/t17-,19-,20+,21-,22+,23-,25+/m1/s1. The van der Waals surface area contributed by atoms with Crippen LogP contribution in [0.4, 0.5) is 0 Å². The molecule has 29 heavy (non-hydrogen) atoms. The van der Waals surface area contributed by atoms with Crippen LogP contribution in [0.2, 0.25) is 0 Å². The Morgan fingerprint density at radius 3 is 2.79 bits per heavy atom. The van der Waals surface area contributed by atoms with Gasteiger partial charge >= 0.3 is 5.97 Å². The van der Waals surface area contributed by atoms with Crippen molar-refractivity contribution in [2.45, 2.75) is 64.2 Å². The summed E-state index contributed by atoms with van der Waals surface area (Å²) in [6.07, 6.45) is 5.07. The van der Waals surface area contributed by atoms with Crippen LogP contribution in [0.15, 0.2) is 42.5 Å². The lowest BCUT2D eigenvalue weighted by Crippen LogP contribution is -3.14. The third kappa shape index (κ3) is 3.77. The van der Waals surface area contributed by atoms with E-state index in [0.717, 1.165) is 24.8 Å². The van der Waals surface area contributed by atoms with Gasteiger partial charge in [0.15, 0.2) is 0 Å². The van der Waals surface area contributed by atoms with Crippen molar-refractivity contribution in [3.63, 3.8) is 0 Å². The molecule has 0 amide bonds. The van der Waals surface area contributed by atoms with Crippen molar-refractivity contribution in [1.82, 2.24) is 0 Å². The molecule has 1 aromatic rings.